The smallest absolute Gasteiger partial charge is 0.159 e. The molecule has 0 aromatic heterocycles. The van der Waals surface area contributed by atoms with Crippen LogP contribution in [-0.2, 0) is 4.79 Å². The molecule has 0 heterocycles. The van der Waals surface area contributed by atoms with Gasteiger partial charge in [-0.25, -0.2) is 0 Å². The van der Waals surface area contributed by atoms with Crippen LogP contribution >= 0.6 is 0 Å². The summed E-state index contributed by atoms with van der Waals surface area (Å²) in [6.07, 6.45) is 13.2. The first-order valence-electron chi connectivity index (χ1n) is 13.2. The fourth-order valence-corrected chi connectivity index (χ4v) is 8.82. The quantitative estimate of drug-likeness (QED) is 0.459. The fraction of sp³-hybridized carbons (Fsp3) is 0.828. The predicted molar refractivity (Wildman–Crippen MR) is 129 cm³/mol. The summed E-state index contributed by atoms with van der Waals surface area (Å²) in [4.78, 5) is 13.5. The van der Waals surface area contributed by atoms with Crippen LogP contribution in [0.4, 0.5) is 0 Å². The van der Waals surface area contributed by atoms with Crippen molar-refractivity contribution in [1.29, 1.82) is 0 Å². The monoisotopic (exact) mass is 426 g/mol. The lowest BCUT2D eigenvalue weighted by molar-refractivity contribution is -0.135. The maximum atomic E-state index is 13.5. The Labute approximate surface area is 191 Å². The molecular weight excluding hydrogens is 380 g/mol. The molecule has 0 spiro atoms. The van der Waals surface area contributed by atoms with Crippen molar-refractivity contribution in [3.63, 3.8) is 0 Å². The lowest BCUT2D eigenvalue weighted by Gasteiger charge is -2.57. The van der Waals surface area contributed by atoms with Gasteiger partial charge in [-0.1, -0.05) is 45.4 Å². The molecule has 4 rings (SSSR count). The van der Waals surface area contributed by atoms with E-state index >= 15 is 0 Å². The van der Waals surface area contributed by atoms with Crippen LogP contribution in [0.1, 0.15) is 98.8 Å². The molecule has 4 aliphatic carbocycles. The van der Waals surface area contributed by atoms with Gasteiger partial charge in [0.25, 0.3) is 0 Å². The van der Waals surface area contributed by atoms with Crippen LogP contribution in [-0.4, -0.2) is 17.0 Å². The van der Waals surface area contributed by atoms with Crippen LogP contribution in [0.15, 0.2) is 23.8 Å². The first-order valence-corrected chi connectivity index (χ1v) is 13.2. The van der Waals surface area contributed by atoms with E-state index in [0.717, 1.165) is 24.7 Å². The van der Waals surface area contributed by atoms with Gasteiger partial charge in [0.05, 0.1) is 6.10 Å². The number of carbonyl (C=O) groups excluding carboxylic acids is 1. The Bertz CT molecular complexity index is 750. The van der Waals surface area contributed by atoms with E-state index in [2.05, 4.69) is 41.2 Å². The Morgan fingerprint density at radius 3 is 2.58 bits per heavy atom. The SMILES string of the molecule is C=C(C)[C@H](CC)CC[C@@H](C)[C@H]1CC[C@H]2[C@@H]3C(=O)C=C4C[C@@H](O)CC[C@]4(C)[C@H]3CC[C@]12C. The minimum atomic E-state index is -0.250. The number of aliphatic hydroxyl groups is 1. The molecule has 3 fully saturated rings. The van der Waals surface area contributed by atoms with Crippen LogP contribution in [0.3, 0.4) is 0 Å². The van der Waals surface area contributed by atoms with Crippen molar-refractivity contribution < 1.29 is 9.90 Å². The Balaban J connectivity index is 1.53. The molecule has 0 aromatic carbocycles. The van der Waals surface area contributed by atoms with E-state index < -0.39 is 0 Å². The van der Waals surface area contributed by atoms with Crippen molar-refractivity contribution in [3.05, 3.63) is 23.8 Å². The van der Waals surface area contributed by atoms with Gasteiger partial charge in [0.1, 0.15) is 0 Å². The first-order chi connectivity index (χ1) is 14.6. The summed E-state index contributed by atoms with van der Waals surface area (Å²) in [6.45, 7) is 16.1. The van der Waals surface area contributed by atoms with Gasteiger partial charge in [-0.15, -0.1) is 0 Å². The van der Waals surface area contributed by atoms with Crippen molar-refractivity contribution in [2.24, 2.45) is 46.3 Å². The largest absolute Gasteiger partial charge is 0.393 e. The minimum absolute atomic E-state index is 0.138. The predicted octanol–water partition coefficient (Wildman–Crippen LogP) is 7.12. The second kappa shape index (κ2) is 8.47. The third-order valence-electron chi connectivity index (χ3n) is 10.8. The molecule has 0 amide bonds. The van der Waals surface area contributed by atoms with E-state index in [1.165, 1.54) is 56.1 Å². The summed E-state index contributed by atoms with van der Waals surface area (Å²) in [7, 11) is 0. The summed E-state index contributed by atoms with van der Waals surface area (Å²) in [6, 6.07) is 0. The summed E-state index contributed by atoms with van der Waals surface area (Å²) < 4.78 is 0. The van der Waals surface area contributed by atoms with Gasteiger partial charge in [0.15, 0.2) is 5.78 Å². The molecule has 0 bridgehead atoms. The molecule has 0 unspecified atom stereocenters. The number of hydrogen-bond donors (Lipinski definition) is 1. The molecule has 4 aliphatic rings. The molecule has 0 saturated heterocycles. The Morgan fingerprint density at radius 2 is 1.90 bits per heavy atom. The van der Waals surface area contributed by atoms with Gasteiger partial charge in [0.2, 0.25) is 0 Å². The highest BCUT2D eigenvalue weighted by molar-refractivity contribution is 5.94. The van der Waals surface area contributed by atoms with Crippen molar-refractivity contribution in [3.8, 4) is 0 Å². The van der Waals surface area contributed by atoms with Crippen LogP contribution in [0.2, 0.25) is 0 Å². The van der Waals surface area contributed by atoms with Crippen molar-refractivity contribution in [2.45, 2.75) is 105 Å². The second-order valence-corrected chi connectivity index (χ2v) is 12.4. The summed E-state index contributed by atoms with van der Waals surface area (Å²) in [5.41, 5.74) is 3.05. The van der Waals surface area contributed by atoms with Crippen molar-refractivity contribution in [1.82, 2.24) is 0 Å². The van der Waals surface area contributed by atoms with Crippen LogP contribution in [0.5, 0.6) is 0 Å². The zero-order valence-electron chi connectivity index (χ0n) is 20.8. The summed E-state index contributed by atoms with van der Waals surface area (Å²) >= 11 is 0. The van der Waals surface area contributed by atoms with Gasteiger partial charge in [-0.05, 0) is 118 Å². The average Bonchev–Trinajstić information content (AvgIpc) is 3.06. The molecule has 174 valence electrons. The highest BCUT2D eigenvalue weighted by Crippen LogP contribution is 2.66. The Kier molecular flexibility index (Phi) is 6.36. The van der Waals surface area contributed by atoms with E-state index in [4.69, 9.17) is 0 Å². The maximum absolute atomic E-state index is 13.5. The minimum Gasteiger partial charge on any atom is -0.393 e. The normalized spacial score (nSPS) is 44.0. The van der Waals surface area contributed by atoms with E-state index in [0.29, 0.717) is 35.4 Å². The average molecular weight is 427 g/mol. The lowest BCUT2D eigenvalue weighted by atomic mass is 9.46. The number of rotatable bonds is 6. The molecule has 31 heavy (non-hydrogen) atoms. The third kappa shape index (κ3) is 3.79. The fourth-order valence-electron chi connectivity index (χ4n) is 8.82. The number of ketones is 1. The lowest BCUT2D eigenvalue weighted by Crippen LogP contribution is -2.53. The molecule has 3 saturated carbocycles. The number of carbonyl (C=O) groups is 1. The standard InChI is InChI=1S/C29H46O2/c1-7-20(18(2)3)9-8-19(4)23-10-11-24-27-25(13-15-29(23,24)6)28(5)14-12-22(30)16-21(28)17-26(27)31/h17,19-20,22-25,27,30H,2,7-16H2,1,3-6H3/t19-,20-,22+,23-,24+,25+,27+,28+,29-/m1/s1. The highest BCUT2D eigenvalue weighted by Gasteiger charge is 2.61. The molecule has 2 heteroatoms. The topological polar surface area (TPSA) is 37.3 Å². The molecule has 0 radical (unpaired) electrons. The molecular formula is C29H46O2. The molecule has 0 aromatic rings. The van der Waals surface area contributed by atoms with Crippen LogP contribution in [0.25, 0.3) is 0 Å². The number of fused-ring (bicyclic) bond motifs is 5. The Morgan fingerprint density at radius 1 is 1.16 bits per heavy atom. The van der Waals surface area contributed by atoms with Gasteiger partial charge in [0, 0.05) is 5.92 Å². The molecule has 9 atom stereocenters. The number of aliphatic hydroxyl groups excluding tert-OH is 1. The summed E-state index contributed by atoms with van der Waals surface area (Å²) in [5, 5.41) is 10.2. The van der Waals surface area contributed by atoms with Gasteiger partial charge in [-0.2, -0.15) is 0 Å². The third-order valence-corrected chi connectivity index (χ3v) is 10.8. The number of hydrogen-bond acceptors (Lipinski definition) is 2. The van der Waals surface area contributed by atoms with Gasteiger partial charge < -0.3 is 5.11 Å². The zero-order chi connectivity index (χ0) is 22.6. The van der Waals surface area contributed by atoms with Gasteiger partial charge in [-0.3, -0.25) is 4.79 Å². The molecule has 0 aliphatic heterocycles. The molecule has 1 N–H and O–H groups in total. The van der Waals surface area contributed by atoms with Crippen molar-refractivity contribution >= 4 is 5.78 Å². The maximum Gasteiger partial charge on any atom is 0.159 e. The van der Waals surface area contributed by atoms with E-state index in [9.17, 15) is 9.90 Å². The highest BCUT2D eigenvalue weighted by atomic mass is 16.3. The Hall–Kier alpha value is -0.890. The van der Waals surface area contributed by atoms with Crippen molar-refractivity contribution in [2.75, 3.05) is 0 Å². The van der Waals surface area contributed by atoms with Crippen LogP contribution in [0, 0.1) is 46.3 Å². The van der Waals surface area contributed by atoms with E-state index in [-0.39, 0.29) is 17.4 Å². The first kappa shape index (κ1) is 23.3. The van der Waals surface area contributed by atoms with Gasteiger partial charge >= 0.3 is 0 Å². The number of allylic oxidation sites excluding steroid dienone is 2. The summed E-state index contributed by atoms with van der Waals surface area (Å²) in [5.74, 6) is 3.80. The molecule has 2 nitrogen and oxygen atoms in total. The van der Waals surface area contributed by atoms with E-state index in [1.807, 2.05) is 6.08 Å². The van der Waals surface area contributed by atoms with E-state index in [1.54, 1.807) is 0 Å². The van der Waals surface area contributed by atoms with Crippen LogP contribution < -0.4 is 0 Å². The second-order valence-electron chi connectivity index (χ2n) is 12.4. The zero-order valence-corrected chi connectivity index (χ0v) is 20.8.